The minimum Gasteiger partial charge on any atom is -0.310 e. The molecule has 0 heterocycles. The molecule has 20 heavy (non-hydrogen) atoms. The molecule has 0 aliphatic carbocycles. The highest BCUT2D eigenvalue weighted by Crippen LogP contribution is 2.19. The number of rotatable bonds is 6. The first-order valence-electron chi connectivity index (χ1n) is 7.23. The number of hydrogen-bond donors (Lipinski definition) is 1. The number of benzene rings is 2. The topological polar surface area (TPSA) is 12.0 Å². The molecule has 0 saturated carbocycles. The number of aryl methyl sites for hydroxylation is 1. The maximum atomic E-state index is 13.1. The van der Waals surface area contributed by atoms with Gasteiger partial charge in [-0.1, -0.05) is 48.9 Å². The molecule has 0 fully saturated rings. The fourth-order valence-electron chi connectivity index (χ4n) is 2.28. The molecule has 0 aliphatic heterocycles. The zero-order chi connectivity index (χ0) is 14.4. The van der Waals surface area contributed by atoms with Gasteiger partial charge in [0.25, 0.3) is 0 Å². The van der Waals surface area contributed by atoms with Gasteiger partial charge in [-0.25, -0.2) is 4.39 Å². The van der Waals surface area contributed by atoms with Crippen LogP contribution in [-0.2, 0) is 6.42 Å². The maximum absolute atomic E-state index is 13.1. The Bertz CT molecular complexity index is 516. The summed E-state index contributed by atoms with van der Waals surface area (Å²) in [7, 11) is 0. The van der Waals surface area contributed by atoms with Crippen LogP contribution in [0.1, 0.15) is 36.1 Å². The summed E-state index contributed by atoms with van der Waals surface area (Å²) >= 11 is 0. The first-order valence-corrected chi connectivity index (χ1v) is 7.23. The van der Waals surface area contributed by atoms with Crippen molar-refractivity contribution in [1.82, 2.24) is 5.32 Å². The smallest absolute Gasteiger partial charge is 0.123 e. The molecule has 0 radical (unpaired) electrons. The third kappa shape index (κ3) is 4.17. The molecular formula is C18H22FN. The van der Waals surface area contributed by atoms with Crippen molar-refractivity contribution >= 4 is 0 Å². The molecular weight excluding hydrogens is 249 g/mol. The summed E-state index contributed by atoms with van der Waals surface area (Å²) in [5.41, 5.74) is 3.71. The van der Waals surface area contributed by atoms with Crippen LogP contribution in [0.4, 0.5) is 4.39 Å². The second-order valence-electron chi connectivity index (χ2n) is 5.25. The second kappa shape index (κ2) is 7.20. The Morgan fingerprint density at radius 1 is 1.00 bits per heavy atom. The molecule has 1 atom stereocenters. The molecule has 0 spiro atoms. The minimum absolute atomic E-state index is 0.182. The van der Waals surface area contributed by atoms with Crippen LogP contribution in [0.5, 0.6) is 0 Å². The van der Waals surface area contributed by atoms with Crippen LogP contribution in [0, 0.1) is 12.7 Å². The third-order valence-corrected chi connectivity index (χ3v) is 3.47. The monoisotopic (exact) mass is 271 g/mol. The minimum atomic E-state index is -0.182. The SMILES string of the molecule is CCCNC(Cc1ccc(C)cc1)c1ccc(F)cc1. The van der Waals surface area contributed by atoms with E-state index in [1.54, 1.807) is 0 Å². The van der Waals surface area contributed by atoms with Crippen LogP contribution < -0.4 is 5.32 Å². The fourth-order valence-corrected chi connectivity index (χ4v) is 2.28. The van der Waals surface area contributed by atoms with Crippen molar-refractivity contribution < 1.29 is 4.39 Å². The van der Waals surface area contributed by atoms with Crippen LogP contribution >= 0.6 is 0 Å². The first kappa shape index (κ1) is 14.7. The number of hydrogen-bond acceptors (Lipinski definition) is 1. The van der Waals surface area contributed by atoms with Gasteiger partial charge in [0.2, 0.25) is 0 Å². The molecule has 106 valence electrons. The van der Waals surface area contributed by atoms with Gasteiger partial charge >= 0.3 is 0 Å². The fraction of sp³-hybridized carbons (Fsp3) is 0.333. The Morgan fingerprint density at radius 3 is 2.25 bits per heavy atom. The highest BCUT2D eigenvalue weighted by molar-refractivity contribution is 5.26. The lowest BCUT2D eigenvalue weighted by Crippen LogP contribution is -2.24. The highest BCUT2D eigenvalue weighted by Gasteiger charge is 2.11. The van der Waals surface area contributed by atoms with Gasteiger partial charge in [0.15, 0.2) is 0 Å². The summed E-state index contributed by atoms with van der Waals surface area (Å²) in [6, 6.07) is 15.6. The predicted molar refractivity (Wildman–Crippen MR) is 82.3 cm³/mol. The van der Waals surface area contributed by atoms with E-state index in [0.29, 0.717) is 0 Å². The standard InChI is InChI=1S/C18H22FN/c1-3-12-20-18(16-8-10-17(19)11-9-16)13-15-6-4-14(2)5-7-15/h4-11,18,20H,3,12-13H2,1-2H3. The maximum Gasteiger partial charge on any atom is 0.123 e. The lowest BCUT2D eigenvalue weighted by atomic mass is 9.98. The Balaban J connectivity index is 2.14. The first-order chi connectivity index (χ1) is 9.69. The summed E-state index contributed by atoms with van der Waals surface area (Å²) in [6.45, 7) is 5.21. The molecule has 2 heteroatoms. The van der Waals surface area contributed by atoms with Gasteiger partial charge in [0, 0.05) is 6.04 Å². The molecule has 2 aromatic rings. The molecule has 2 aromatic carbocycles. The van der Waals surface area contributed by atoms with Gasteiger partial charge < -0.3 is 5.32 Å². The highest BCUT2D eigenvalue weighted by atomic mass is 19.1. The van der Waals surface area contributed by atoms with E-state index in [2.05, 4.69) is 43.4 Å². The van der Waals surface area contributed by atoms with Gasteiger partial charge in [-0.05, 0) is 49.6 Å². The second-order valence-corrected chi connectivity index (χ2v) is 5.25. The van der Waals surface area contributed by atoms with Crippen molar-refractivity contribution in [2.45, 2.75) is 32.7 Å². The van der Waals surface area contributed by atoms with Crippen LogP contribution in [-0.4, -0.2) is 6.54 Å². The molecule has 0 aromatic heterocycles. The Morgan fingerprint density at radius 2 is 1.65 bits per heavy atom. The molecule has 1 unspecified atom stereocenters. The van der Waals surface area contributed by atoms with E-state index in [1.807, 2.05) is 12.1 Å². The molecule has 1 nitrogen and oxygen atoms in total. The Kier molecular flexibility index (Phi) is 5.31. The predicted octanol–water partition coefficient (Wildman–Crippen LogP) is 4.42. The molecule has 0 amide bonds. The van der Waals surface area contributed by atoms with Crippen molar-refractivity contribution in [3.63, 3.8) is 0 Å². The molecule has 0 aliphatic rings. The van der Waals surface area contributed by atoms with E-state index >= 15 is 0 Å². The van der Waals surface area contributed by atoms with Crippen LogP contribution in [0.2, 0.25) is 0 Å². The molecule has 1 N–H and O–H groups in total. The molecule has 0 bridgehead atoms. The van der Waals surface area contributed by atoms with E-state index < -0.39 is 0 Å². The Hall–Kier alpha value is -1.67. The number of halogens is 1. The zero-order valence-corrected chi connectivity index (χ0v) is 12.2. The quantitative estimate of drug-likeness (QED) is 0.820. The van der Waals surface area contributed by atoms with Crippen LogP contribution in [0.15, 0.2) is 48.5 Å². The van der Waals surface area contributed by atoms with Gasteiger partial charge in [-0.3, -0.25) is 0 Å². The zero-order valence-electron chi connectivity index (χ0n) is 12.2. The van der Waals surface area contributed by atoms with Gasteiger partial charge in [0.05, 0.1) is 0 Å². The summed E-state index contributed by atoms with van der Waals surface area (Å²) in [6.07, 6.45) is 2.01. The van der Waals surface area contributed by atoms with Gasteiger partial charge in [-0.15, -0.1) is 0 Å². The largest absolute Gasteiger partial charge is 0.310 e. The summed E-state index contributed by atoms with van der Waals surface area (Å²) < 4.78 is 13.1. The van der Waals surface area contributed by atoms with Crippen molar-refractivity contribution in [3.8, 4) is 0 Å². The van der Waals surface area contributed by atoms with E-state index in [9.17, 15) is 4.39 Å². The average molecular weight is 271 g/mol. The van der Waals surface area contributed by atoms with E-state index in [-0.39, 0.29) is 11.9 Å². The number of nitrogens with one attached hydrogen (secondary N) is 1. The average Bonchev–Trinajstić information content (AvgIpc) is 2.46. The van der Waals surface area contributed by atoms with Crippen molar-refractivity contribution in [2.24, 2.45) is 0 Å². The summed E-state index contributed by atoms with van der Waals surface area (Å²) in [5, 5.41) is 3.55. The van der Waals surface area contributed by atoms with Gasteiger partial charge in [-0.2, -0.15) is 0 Å². The van der Waals surface area contributed by atoms with E-state index in [1.165, 1.54) is 23.3 Å². The van der Waals surface area contributed by atoms with E-state index in [4.69, 9.17) is 0 Å². The van der Waals surface area contributed by atoms with Crippen molar-refractivity contribution in [3.05, 3.63) is 71.0 Å². The normalized spacial score (nSPS) is 12.3. The lowest BCUT2D eigenvalue weighted by molar-refractivity contribution is 0.527. The lowest BCUT2D eigenvalue weighted by Gasteiger charge is -2.19. The Labute approximate surface area is 120 Å². The van der Waals surface area contributed by atoms with Gasteiger partial charge in [0.1, 0.15) is 5.82 Å². The third-order valence-electron chi connectivity index (χ3n) is 3.47. The summed E-state index contributed by atoms with van der Waals surface area (Å²) in [5.74, 6) is -0.182. The van der Waals surface area contributed by atoms with E-state index in [0.717, 1.165) is 24.9 Å². The van der Waals surface area contributed by atoms with Crippen LogP contribution in [0.25, 0.3) is 0 Å². The van der Waals surface area contributed by atoms with Crippen molar-refractivity contribution in [1.29, 1.82) is 0 Å². The molecule has 2 rings (SSSR count). The van der Waals surface area contributed by atoms with Crippen molar-refractivity contribution in [2.75, 3.05) is 6.54 Å². The molecule has 0 saturated heterocycles. The summed E-state index contributed by atoms with van der Waals surface area (Å²) in [4.78, 5) is 0. The van der Waals surface area contributed by atoms with Crippen LogP contribution in [0.3, 0.4) is 0 Å².